The molecule has 0 fully saturated rings. The van der Waals surface area contributed by atoms with Crippen molar-refractivity contribution in [3.05, 3.63) is 62.5 Å². The molecule has 2 aromatic rings. The lowest BCUT2D eigenvalue weighted by atomic mass is 10.1. The van der Waals surface area contributed by atoms with Gasteiger partial charge in [0.05, 0.1) is 7.11 Å². The van der Waals surface area contributed by atoms with E-state index in [0.717, 1.165) is 14.5 Å². The zero-order valence-corrected chi connectivity index (χ0v) is 15.9. The average molecular weight is 457 g/mol. The van der Waals surface area contributed by atoms with Crippen molar-refractivity contribution in [2.75, 3.05) is 7.11 Å². The molecule has 2 rings (SSSR count). The van der Waals surface area contributed by atoms with Gasteiger partial charge >= 0.3 is 5.97 Å². The van der Waals surface area contributed by atoms with E-state index in [0.29, 0.717) is 11.3 Å². The molecule has 0 aliphatic carbocycles. The molecule has 0 unspecified atom stereocenters. The number of rotatable bonds is 6. The van der Waals surface area contributed by atoms with Crippen LogP contribution in [-0.4, -0.2) is 30.1 Å². The van der Waals surface area contributed by atoms with Gasteiger partial charge in [-0.15, -0.1) is 0 Å². The Morgan fingerprint density at radius 1 is 1.12 bits per heavy atom. The molecular formula is C17H15Br2NO4. The predicted molar refractivity (Wildman–Crippen MR) is 97.4 cm³/mol. The highest BCUT2D eigenvalue weighted by molar-refractivity contribution is 9.11. The number of amides is 1. The molecule has 2 N–H and O–H groups in total. The first-order chi connectivity index (χ1) is 11.4. The van der Waals surface area contributed by atoms with Gasteiger partial charge in [0, 0.05) is 20.9 Å². The van der Waals surface area contributed by atoms with Gasteiger partial charge < -0.3 is 15.2 Å². The van der Waals surface area contributed by atoms with Crippen LogP contribution in [0.5, 0.6) is 5.75 Å². The van der Waals surface area contributed by atoms with Gasteiger partial charge in [-0.25, -0.2) is 4.79 Å². The van der Waals surface area contributed by atoms with E-state index in [1.54, 1.807) is 49.6 Å². The minimum absolute atomic E-state index is 0.181. The van der Waals surface area contributed by atoms with Crippen molar-refractivity contribution < 1.29 is 19.4 Å². The highest BCUT2D eigenvalue weighted by Crippen LogP contribution is 2.20. The summed E-state index contributed by atoms with van der Waals surface area (Å²) in [6.07, 6.45) is 0.181. The third-order valence-electron chi connectivity index (χ3n) is 3.33. The van der Waals surface area contributed by atoms with Gasteiger partial charge in [-0.3, -0.25) is 4.79 Å². The number of aliphatic carboxylic acids is 1. The molecule has 0 bridgehead atoms. The van der Waals surface area contributed by atoms with Crippen LogP contribution < -0.4 is 10.1 Å². The number of carboxylic acid groups (broad SMARTS) is 1. The summed E-state index contributed by atoms with van der Waals surface area (Å²) in [6, 6.07) is 11.1. The third kappa shape index (κ3) is 5.07. The maximum Gasteiger partial charge on any atom is 0.326 e. The van der Waals surface area contributed by atoms with E-state index < -0.39 is 17.9 Å². The molecule has 0 saturated heterocycles. The molecule has 5 nitrogen and oxygen atoms in total. The second kappa shape index (κ2) is 8.30. The van der Waals surface area contributed by atoms with Crippen LogP contribution >= 0.6 is 31.9 Å². The molecule has 24 heavy (non-hydrogen) atoms. The Hall–Kier alpha value is -1.86. The normalized spacial score (nSPS) is 11.6. The number of hydrogen-bond donors (Lipinski definition) is 2. The summed E-state index contributed by atoms with van der Waals surface area (Å²) in [5.74, 6) is -0.847. The summed E-state index contributed by atoms with van der Waals surface area (Å²) in [7, 11) is 1.56. The number of methoxy groups -OCH3 is 1. The second-order valence-corrected chi connectivity index (χ2v) is 6.91. The predicted octanol–water partition coefficient (Wildman–Crippen LogP) is 3.65. The largest absolute Gasteiger partial charge is 0.497 e. The lowest BCUT2D eigenvalue weighted by Gasteiger charge is -2.15. The monoisotopic (exact) mass is 455 g/mol. The maximum atomic E-state index is 12.3. The van der Waals surface area contributed by atoms with E-state index in [9.17, 15) is 14.7 Å². The Labute approximate surface area is 156 Å². The fraction of sp³-hybridized carbons (Fsp3) is 0.176. The zero-order chi connectivity index (χ0) is 17.7. The standard InChI is InChI=1S/C17H15Br2NO4/c1-24-14-4-2-10(3-5-14)6-15(17(22)23)20-16(21)11-7-12(18)9-13(19)8-11/h2-5,7-9,15H,6H2,1H3,(H,20,21)(H,22,23)/t15-/m1/s1. The Kier molecular flexibility index (Phi) is 6.39. The molecule has 0 saturated carbocycles. The zero-order valence-electron chi connectivity index (χ0n) is 12.8. The number of hydrogen-bond acceptors (Lipinski definition) is 3. The number of ether oxygens (including phenoxy) is 1. The summed E-state index contributed by atoms with van der Waals surface area (Å²) in [4.78, 5) is 23.8. The Balaban J connectivity index is 2.12. The van der Waals surface area contributed by atoms with Gasteiger partial charge in [0.2, 0.25) is 0 Å². The summed E-state index contributed by atoms with van der Waals surface area (Å²) < 4.78 is 6.52. The minimum Gasteiger partial charge on any atom is -0.497 e. The lowest BCUT2D eigenvalue weighted by Crippen LogP contribution is -2.42. The number of carbonyl (C=O) groups is 2. The highest BCUT2D eigenvalue weighted by atomic mass is 79.9. The van der Waals surface area contributed by atoms with E-state index in [1.807, 2.05) is 0 Å². The summed E-state index contributed by atoms with van der Waals surface area (Å²) >= 11 is 6.61. The topological polar surface area (TPSA) is 75.6 Å². The molecule has 2 aromatic carbocycles. The molecule has 7 heteroatoms. The van der Waals surface area contributed by atoms with Crippen LogP contribution in [0.1, 0.15) is 15.9 Å². The molecule has 0 aromatic heterocycles. The van der Waals surface area contributed by atoms with E-state index in [1.165, 1.54) is 0 Å². The lowest BCUT2D eigenvalue weighted by molar-refractivity contribution is -0.139. The first kappa shape index (κ1) is 18.5. The number of benzene rings is 2. The quantitative estimate of drug-likeness (QED) is 0.695. The van der Waals surface area contributed by atoms with Crippen LogP contribution in [0.15, 0.2) is 51.4 Å². The van der Waals surface area contributed by atoms with Crippen LogP contribution in [0.4, 0.5) is 0 Å². The van der Waals surface area contributed by atoms with Crippen molar-refractivity contribution in [2.45, 2.75) is 12.5 Å². The van der Waals surface area contributed by atoms with Gasteiger partial charge in [0.1, 0.15) is 11.8 Å². The van der Waals surface area contributed by atoms with Crippen molar-refractivity contribution in [3.8, 4) is 5.75 Å². The van der Waals surface area contributed by atoms with Crippen molar-refractivity contribution in [2.24, 2.45) is 0 Å². The van der Waals surface area contributed by atoms with Crippen molar-refractivity contribution in [1.82, 2.24) is 5.32 Å². The van der Waals surface area contributed by atoms with E-state index in [2.05, 4.69) is 37.2 Å². The summed E-state index contributed by atoms with van der Waals surface area (Å²) in [5.41, 5.74) is 1.16. The molecule has 0 aliphatic heterocycles. The van der Waals surface area contributed by atoms with Crippen molar-refractivity contribution >= 4 is 43.7 Å². The Morgan fingerprint density at radius 3 is 2.21 bits per heavy atom. The van der Waals surface area contributed by atoms with Crippen molar-refractivity contribution in [3.63, 3.8) is 0 Å². The van der Waals surface area contributed by atoms with Crippen LogP contribution in [0.25, 0.3) is 0 Å². The second-order valence-electron chi connectivity index (χ2n) is 5.07. The van der Waals surface area contributed by atoms with Gasteiger partial charge in [0.25, 0.3) is 5.91 Å². The van der Waals surface area contributed by atoms with Gasteiger partial charge in [0.15, 0.2) is 0 Å². The van der Waals surface area contributed by atoms with E-state index in [4.69, 9.17) is 4.74 Å². The SMILES string of the molecule is COc1ccc(C[C@@H](NC(=O)c2cc(Br)cc(Br)c2)C(=O)O)cc1. The first-order valence-corrected chi connectivity index (χ1v) is 8.60. The van der Waals surface area contributed by atoms with Crippen LogP contribution in [-0.2, 0) is 11.2 Å². The van der Waals surface area contributed by atoms with Crippen LogP contribution in [0, 0.1) is 0 Å². The third-order valence-corrected chi connectivity index (χ3v) is 4.24. The van der Waals surface area contributed by atoms with Crippen LogP contribution in [0.3, 0.4) is 0 Å². The highest BCUT2D eigenvalue weighted by Gasteiger charge is 2.21. The van der Waals surface area contributed by atoms with Gasteiger partial charge in [-0.05, 0) is 35.9 Å². The minimum atomic E-state index is -1.09. The molecule has 0 spiro atoms. The van der Waals surface area contributed by atoms with Gasteiger partial charge in [-0.2, -0.15) is 0 Å². The molecule has 0 heterocycles. The Bertz CT molecular complexity index is 727. The number of carbonyl (C=O) groups excluding carboxylic acids is 1. The summed E-state index contributed by atoms with van der Waals surface area (Å²) in [5, 5.41) is 11.9. The molecule has 126 valence electrons. The number of nitrogens with one attached hydrogen (secondary N) is 1. The average Bonchev–Trinajstić information content (AvgIpc) is 2.53. The molecule has 1 atom stereocenters. The number of carboxylic acids is 1. The Morgan fingerprint density at radius 2 is 1.71 bits per heavy atom. The fourth-order valence-electron chi connectivity index (χ4n) is 2.12. The van der Waals surface area contributed by atoms with E-state index in [-0.39, 0.29) is 6.42 Å². The molecular weight excluding hydrogens is 442 g/mol. The van der Waals surface area contributed by atoms with Gasteiger partial charge in [-0.1, -0.05) is 44.0 Å². The molecule has 0 aliphatic rings. The molecule has 1 amide bonds. The smallest absolute Gasteiger partial charge is 0.326 e. The van der Waals surface area contributed by atoms with Crippen molar-refractivity contribution in [1.29, 1.82) is 0 Å². The van der Waals surface area contributed by atoms with Crippen LogP contribution in [0.2, 0.25) is 0 Å². The van der Waals surface area contributed by atoms with E-state index >= 15 is 0 Å². The summed E-state index contributed by atoms with van der Waals surface area (Å²) in [6.45, 7) is 0. The number of halogens is 2. The maximum absolute atomic E-state index is 12.3. The first-order valence-electron chi connectivity index (χ1n) is 7.01. The fourth-order valence-corrected chi connectivity index (χ4v) is 3.42. The molecule has 0 radical (unpaired) electrons.